The molecule has 4 aromatic rings. The van der Waals surface area contributed by atoms with Crippen molar-refractivity contribution in [2.45, 2.75) is 29.6 Å². The van der Waals surface area contributed by atoms with Gasteiger partial charge in [-0.2, -0.15) is 23.3 Å². The number of aromatic nitrogens is 5. The maximum absolute atomic E-state index is 12.5. The van der Waals surface area contributed by atoms with E-state index in [1.165, 1.54) is 11.8 Å². The zero-order valence-corrected chi connectivity index (χ0v) is 22.1. The number of amides is 2. The van der Waals surface area contributed by atoms with Gasteiger partial charge in [0.2, 0.25) is 17.8 Å². The summed E-state index contributed by atoms with van der Waals surface area (Å²) in [7, 11) is 0. The first kappa shape index (κ1) is 27.5. The van der Waals surface area contributed by atoms with Gasteiger partial charge in [-0.25, -0.2) is 4.98 Å². The summed E-state index contributed by atoms with van der Waals surface area (Å²) in [6.45, 7) is 1.28. The average molecular weight is 574 g/mol. The van der Waals surface area contributed by atoms with Crippen molar-refractivity contribution in [3.8, 4) is 0 Å². The minimum Gasteiger partial charge on any atom is -0.347 e. The summed E-state index contributed by atoms with van der Waals surface area (Å²) >= 11 is 1.36. The molecule has 0 bridgehead atoms. The van der Waals surface area contributed by atoms with Crippen molar-refractivity contribution in [1.29, 1.82) is 0 Å². The lowest BCUT2D eigenvalue weighted by Gasteiger charge is -2.16. The standard InChI is InChI=1S/C25H26F3N9O2S/c1-15-11-19(35-34-15)31-23-33-24(32-20-3-2-9-37(20)23)40-18-6-4-17(5-7-18)30-21(38)13-36-10-8-16(12-36)22(39)29-14-25(26,27)28/h2-7,9,11,16H,8,10,12-14H2,1H3,(H,29,39)(H,30,38)(H2,31,32,33,34,35). The number of nitrogens with zero attached hydrogens (tertiary/aromatic N) is 5. The van der Waals surface area contributed by atoms with Crippen LogP contribution in [0.25, 0.3) is 5.65 Å². The molecule has 1 aromatic carbocycles. The van der Waals surface area contributed by atoms with E-state index in [1.807, 2.05) is 53.2 Å². The van der Waals surface area contributed by atoms with Crippen LogP contribution in [-0.4, -0.2) is 73.6 Å². The number of hydrogen-bond acceptors (Lipinski definition) is 8. The van der Waals surface area contributed by atoms with E-state index in [-0.39, 0.29) is 19.0 Å². The van der Waals surface area contributed by atoms with E-state index in [4.69, 9.17) is 0 Å². The highest BCUT2D eigenvalue weighted by molar-refractivity contribution is 7.99. The molecule has 1 fully saturated rings. The van der Waals surface area contributed by atoms with Crippen LogP contribution in [-0.2, 0) is 9.59 Å². The summed E-state index contributed by atoms with van der Waals surface area (Å²) in [4.78, 5) is 36.3. The van der Waals surface area contributed by atoms with Gasteiger partial charge < -0.3 is 16.0 Å². The van der Waals surface area contributed by atoms with E-state index in [0.29, 0.717) is 35.6 Å². The molecule has 1 aliphatic rings. The smallest absolute Gasteiger partial charge is 0.347 e. The maximum atomic E-state index is 12.5. The summed E-state index contributed by atoms with van der Waals surface area (Å²) in [6.07, 6.45) is -2.20. The quantitative estimate of drug-likeness (QED) is 0.239. The van der Waals surface area contributed by atoms with Crippen molar-refractivity contribution < 1.29 is 22.8 Å². The van der Waals surface area contributed by atoms with E-state index in [0.717, 1.165) is 16.2 Å². The minimum absolute atomic E-state index is 0.0377. The number of hydrogen-bond donors (Lipinski definition) is 4. The Morgan fingerprint density at radius 1 is 1.18 bits per heavy atom. The Morgan fingerprint density at radius 2 is 1.98 bits per heavy atom. The number of aromatic amines is 1. The summed E-state index contributed by atoms with van der Waals surface area (Å²) in [5, 5.41) is 15.5. The van der Waals surface area contributed by atoms with E-state index in [1.54, 1.807) is 17.0 Å². The second kappa shape index (κ2) is 11.6. The predicted molar refractivity (Wildman–Crippen MR) is 142 cm³/mol. The van der Waals surface area contributed by atoms with Crippen molar-refractivity contribution in [1.82, 2.24) is 34.8 Å². The van der Waals surface area contributed by atoms with Crippen molar-refractivity contribution in [2.75, 3.05) is 36.8 Å². The van der Waals surface area contributed by atoms with E-state index < -0.39 is 24.5 Å². The second-order valence-corrected chi connectivity index (χ2v) is 10.4. The summed E-state index contributed by atoms with van der Waals surface area (Å²) in [5.74, 6) is -0.291. The van der Waals surface area contributed by atoms with E-state index in [2.05, 4.69) is 30.8 Å². The monoisotopic (exact) mass is 573 g/mol. The van der Waals surface area contributed by atoms with Crippen molar-refractivity contribution >= 4 is 46.7 Å². The molecule has 0 aliphatic carbocycles. The Morgan fingerprint density at radius 3 is 2.70 bits per heavy atom. The molecule has 1 aliphatic heterocycles. The molecule has 40 heavy (non-hydrogen) atoms. The first-order valence-electron chi connectivity index (χ1n) is 12.4. The van der Waals surface area contributed by atoms with Crippen LogP contribution >= 0.6 is 11.8 Å². The Bertz CT molecular complexity index is 1500. The number of halogens is 3. The second-order valence-electron chi connectivity index (χ2n) is 9.36. The zero-order valence-electron chi connectivity index (χ0n) is 21.3. The van der Waals surface area contributed by atoms with Gasteiger partial charge in [0, 0.05) is 35.1 Å². The van der Waals surface area contributed by atoms with Crippen LogP contribution in [0.15, 0.2) is 58.7 Å². The molecule has 0 radical (unpaired) electrons. The van der Waals surface area contributed by atoms with Crippen LogP contribution in [0.5, 0.6) is 0 Å². The number of carbonyl (C=O) groups is 2. The van der Waals surface area contributed by atoms with Gasteiger partial charge in [0.25, 0.3) is 0 Å². The number of carbonyl (C=O) groups excluding carboxylic acids is 2. The van der Waals surface area contributed by atoms with Crippen molar-refractivity contribution in [3.05, 3.63) is 54.4 Å². The summed E-state index contributed by atoms with van der Waals surface area (Å²) in [6, 6.07) is 12.8. The number of H-pyrrole nitrogens is 1. The van der Waals surface area contributed by atoms with Crippen LogP contribution in [0, 0.1) is 12.8 Å². The normalized spacial score (nSPS) is 15.8. The molecule has 2 amide bonds. The lowest BCUT2D eigenvalue weighted by atomic mass is 10.1. The molecule has 15 heteroatoms. The SMILES string of the molecule is Cc1cc(Nc2nc(Sc3ccc(NC(=O)CN4CCC(C(=O)NCC(F)(F)F)C4)cc3)nc3cccn23)n[nH]1. The third-order valence-electron chi connectivity index (χ3n) is 6.13. The number of fused-ring (bicyclic) bond motifs is 1. The molecule has 1 saturated heterocycles. The highest BCUT2D eigenvalue weighted by Gasteiger charge is 2.33. The number of anilines is 3. The van der Waals surface area contributed by atoms with Gasteiger partial charge >= 0.3 is 6.18 Å². The number of aryl methyl sites for hydroxylation is 1. The number of rotatable bonds is 9. The van der Waals surface area contributed by atoms with E-state index >= 15 is 0 Å². The van der Waals surface area contributed by atoms with Gasteiger partial charge in [-0.15, -0.1) is 0 Å². The maximum Gasteiger partial charge on any atom is 0.405 e. The van der Waals surface area contributed by atoms with Crippen LogP contribution in [0.3, 0.4) is 0 Å². The number of benzene rings is 1. The van der Waals surface area contributed by atoms with Crippen LogP contribution in [0.4, 0.5) is 30.6 Å². The molecule has 4 heterocycles. The minimum atomic E-state index is -4.45. The first-order valence-corrected chi connectivity index (χ1v) is 13.2. The van der Waals surface area contributed by atoms with Gasteiger partial charge in [0.05, 0.1) is 12.5 Å². The highest BCUT2D eigenvalue weighted by Crippen LogP contribution is 2.28. The highest BCUT2D eigenvalue weighted by atomic mass is 32.2. The summed E-state index contributed by atoms with van der Waals surface area (Å²) in [5.41, 5.74) is 2.23. The van der Waals surface area contributed by atoms with Gasteiger partial charge in [0.15, 0.2) is 11.0 Å². The fourth-order valence-electron chi connectivity index (χ4n) is 4.28. The molecule has 0 saturated carbocycles. The Balaban J connectivity index is 1.15. The van der Waals surface area contributed by atoms with Crippen LogP contribution in [0.1, 0.15) is 12.1 Å². The van der Waals surface area contributed by atoms with Crippen molar-refractivity contribution in [3.63, 3.8) is 0 Å². The van der Waals surface area contributed by atoms with Gasteiger partial charge in [-0.1, -0.05) is 0 Å². The third-order valence-corrected chi connectivity index (χ3v) is 7.01. The molecule has 3 aromatic heterocycles. The van der Waals surface area contributed by atoms with Gasteiger partial charge in [-0.05, 0) is 68.0 Å². The molecule has 210 valence electrons. The fraction of sp³-hybridized carbons (Fsp3) is 0.320. The van der Waals surface area contributed by atoms with Crippen LogP contribution < -0.4 is 16.0 Å². The molecular formula is C25H26F3N9O2S. The predicted octanol–water partition coefficient (Wildman–Crippen LogP) is 3.59. The summed E-state index contributed by atoms with van der Waals surface area (Å²) < 4.78 is 38.8. The average Bonchev–Trinajstić information content (AvgIpc) is 3.65. The topological polar surface area (TPSA) is 132 Å². The Kier molecular flexibility index (Phi) is 7.93. The third kappa shape index (κ3) is 7.09. The van der Waals surface area contributed by atoms with Gasteiger partial charge in [-0.3, -0.25) is 24.0 Å². The molecule has 11 nitrogen and oxygen atoms in total. The van der Waals surface area contributed by atoms with Crippen molar-refractivity contribution in [2.24, 2.45) is 5.92 Å². The fourth-order valence-corrected chi connectivity index (χ4v) is 5.03. The molecule has 4 N–H and O–H groups in total. The molecular weight excluding hydrogens is 547 g/mol. The zero-order chi connectivity index (χ0) is 28.3. The molecule has 1 atom stereocenters. The lowest BCUT2D eigenvalue weighted by Crippen LogP contribution is -2.39. The molecule has 1 unspecified atom stereocenters. The first-order chi connectivity index (χ1) is 19.1. The van der Waals surface area contributed by atoms with Crippen LogP contribution in [0.2, 0.25) is 0 Å². The number of alkyl halides is 3. The van der Waals surface area contributed by atoms with Gasteiger partial charge in [0.1, 0.15) is 12.2 Å². The number of nitrogens with one attached hydrogen (secondary N) is 4. The lowest BCUT2D eigenvalue weighted by molar-refractivity contribution is -0.140. The van der Waals surface area contributed by atoms with E-state index in [9.17, 15) is 22.8 Å². The molecule has 5 rings (SSSR count). The largest absolute Gasteiger partial charge is 0.405 e. The Labute approximate surface area is 230 Å². The Hall–Kier alpha value is -4.11. The molecule has 0 spiro atoms. The number of likely N-dealkylation sites (tertiary alicyclic amines) is 1.